The molecule has 5 N–H and O–H groups in total. The summed E-state index contributed by atoms with van der Waals surface area (Å²) in [6.07, 6.45) is 6.91. The predicted molar refractivity (Wildman–Crippen MR) is 192 cm³/mol. The fourth-order valence-electron chi connectivity index (χ4n) is 5.76. The Hall–Kier alpha value is -3.72. The number of anilines is 2. The van der Waals surface area contributed by atoms with E-state index < -0.39 is 11.3 Å². The van der Waals surface area contributed by atoms with Crippen molar-refractivity contribution in [2.75, 3.05) is 76.8 Å². The van der Waals surface area contributed by atoms with E-state index in [-0.39, 0.29) is 18.3 Å². The maximum Gasteiger partial charge on any atom is 0.223 e. The Bertz CT molecular complexity index is 1490. The summed E-state index contributed by atoms with van der Waals surface area (Å²) in [7, 11) is 3.48. The minimum atomic E-state index is -0.630. The summed E-state index contributed by atoms with van der Waals surface area (Å²) in [5.74, 6) is 2.09. The highest BCUT2D eigenvalue weighted by atomic mass is 32.2. The molecule has 1 saturated heterocycles. The number of carbonyl (C=O) groups excluding carboxylic acids is 3. The molecule has 0 bridgehead atoms. The maximum atomic E-state index is 12.7. The number of aromatic nitrogens is 3. The van der Waals surface area contributed by atoms with Crippen molar-refractivity contribution in [3.8, 4) is 5.75 Å². The van der Waals surface area contributed by atoms with E-state index in [0.29, 0.717) is 25.1 Å². The highest BCUT2D eigenvalue weighted by Crippen LogP contribution is 2.27. The third-order valence-corrected chi connectivity index (χ3v) is 9.93. The standard InChI is InChI=1S/C34H51N9O4S/c1-4-5-6-10-37-33-32-29(38-34(36)39-33)9-11-43(32)21-26-8-7-25(18-30(26)47-3)20-42-16-14-41(15-17-42)13-12-40(2)31(46)19-28(23-45)48-24-27(35)22-44/h7-9,11,18,22-23,27-28H,4-6,10,12-17,19-21,24,35H2,1-3H3,(H3,36,37,38,39). The van der Waals surface area contributed by atoms with Crippen LogP contribution in [0.4, 0.5) is 11.8 Å². The number of carbonyl (C=O) groups is 3. The van der Waals surface area contributed by atoms with Gasteiger partial charge in [0.2, 0.25) is 11.9 Å². The molecule has 13 nitrogen and oxygen atoms in total. The number of nitrogen functional groups attached to an aromatic ring is 1. The summed E-state index contributed by atoms with van der Waals surface area (Å²) >= 11 is 1.25. The van der Waals surface area contributed by atoms with Crippen LogP contribution in [0.15, 0.2) is 30.5 Å². The number of aldehydes is 2. The number of nitrogens with two attached hydrogens (primary N) is 2. The topological polar surface area (TPSA) is 165 Å². The van der Waals surface area contributed by atoms with Crippen molar-refractivity contribution >= 4 is 53.0 Å². The molecule has 3 aromatic rings. The van der Waals surface area contributed by atoms with Crippen molar-refractivity contribution in [3.63, 3.8) is 0 Å². The van der Waals surface area contributed by atoms with Gasteiger partial charge in [-0.3, -0.25) is 14.6 Å². The molecule has 2 atom stereocenters. The van der Waals surface area contributed by atoms with Crippen molar-refractivity contribution in [3.05, 3.63) is 41.6 Å². The molecule has 48 heavy (non-hydrogen) atoms. The fourth-order valence-corrected chi connectivity index (χ4v) is 6.64. The molecule has 3 heterocycles. The molecule has 2 unspecified atom stereocenters. The van der Waals surface area contributed by atoms with E-state index in [0.717, 1.165) is 99.5 Å². The lowest BCUT2D eigenvalue weighted by atomic mass is 10.1. The minimum Gasteiger partial charge on any atom is -0.496 e. The molecule has 0 spiro atoms. The van der Waals surface area contributed by atoms with Gasteiger partial charge in [0, 0.05) is 83.3 Å². The zero-order chi connectivity index (χ0) is 34.5. The van der Waals surface area contributed by atoms with Gasteiger partial charge in [-0.15, -0.1) is 11.8 Å². The fraction of sp³-hybridized carbons (Fsp3) is 0.559. The van der Waals surface area contributed by atoms with E-state index in [2.05, 4.69) is 54.8 Å². The number of piperazine rings is 1. The van der Waals surface area contributed by atoms with E-state index in [1.165, 1.54) is 17.3 Å². The summed E-state index contributed by atoms with van der Waals surface area (Å²) < 4.78 is 7.99. The number of likely N-dealkylation sites (N-methyl/N-ethyl adjacent to an activating group) is 1. The van der Waals surface area contributed by atoms with Gasteiger partial charge in [0.05, 0.1) is 30.5 Å². The summed E-state index contributed by atoms with van der Waals surface area (Å²) in [6, 6.07) is 7.78. The number of hydrogen-bond donors (Lipinski definition) is 3. The first kappa shape index (κ1) is 37.1. The number of methoxy groups -OCH3 is 1. The maximum absolute atomic E-state index is 12.7. The number of fused-ring (bicyclic) bond motifs is 1. The third-order valence-electron chi connectivity index (χ3n) is 8.65. The van der Waals surface area contributed by atoms with Gasteiger partial charge in [0.25, 0.3) is 0 Å². The van der Waals surface area contributed by atoms with Gasteiger partial charge >= 0.3 is 0 Å². The molecule has 0 aliphatic carbocycles. The quantitative estimate of drug-likeness (QED) is 0.118. The number of unbranched alkanes of at least 4 members (excludes halogenated alkanes) is 2. The lowest BCUT2D eigenvalue weighted by Crippen LogP contribution is -2.48. The van der Waals surface area contributed by atoms with Crippen LogP contribution in [0.25, 0.3) is 11.0 Å². The number of rotatable bonds is 20. The van der Waals surface area contributed by atoms with Crippen LogP contribution in [0.2, 0.25) is 0 Å². The van der Waals surface area contributed by atoms with Crippen LogP contribution in [0.5, 0.6) is 5.75 Å². The molecule has 1 fully saturated rings. The zero-order valence-corrected chi connectivity index (χ0v) is 29.3. The van der Waals surface area contributed by atoms with Gasteiger partial charge < -0.3 is 40.6 Å². The second-order valence-corrected chi connectivity index (χ2v) is 13.6. The highest BCUT2D eigenvalue weighted by molar-refractivity contribution is 8.00. The first-order chi connectivity index (χ1) is 23.2. The van der Waals surface area contributed by atoms with E-state index in [1.54, 1.807) is 19.1 Å². The number of benzene rings is 1. The Kier molecular flexibility index (Phi) is 14.5. The highest BCUT2D eigenvalue weighted by Gasteiger charge is 2.21. The molecule has 0 saturated carbocycles. The number of nitrogens with one attached hydrogen (secondary N) is 1. The van der Waals surface area contributed by atoms with Gasteiger partial charge in [-0.05, 0) is 24.1 Å². The molecule has 2 aromatic heterocycles. The lowest BCUT2D eigenvalue weighted by Gasteiger charge is -2.35. The Morgan fingerprint density at radius 1 is 1.10 bits per heavy atom. The number of nitrogens with zero attached hydrogens (tertiary/aromatic N) is 6. The first-order valence-electron chi connectivity index (χ1n) is 16.7. The number of ether oxygens (including phenoxy) is 1. The molecule has 1 amide bonds. The number of amides is 1. The van der Waals surface area contributed by atoms with Gasteiger partial charge in [0.1, 0.15) is 23.8 Å². The zero-order valence-electron chi connectivity index (χ0n) is 28.5. The van der Waals surface area contributed by atoms with E-state index in [4.69, 9.17) is 16.2 Å². The normalized spacial score (nSPS) is 15.2. The van der Waals surface area contributed by atoms with Gasteiger partial charge in [-0.1, -0.05) is 31.9 Å². The van der Waals surface area contributed by atoms with Crippen molar-refractivity contribution < 1.29 is 19.1 Å². The van der Waals surface area contributed by atoms with Gasteiger partial charge in [-0.2, -0.15) is 4.98 Å². The second kappa shape index (κ2) is 18.7. The molecule has 1 aliphatic heterocycles. The Morgan fingerprint density at radius 3 is 2.58 bits per heavy atom. The Labute approximate surface area is 287 Å². The molecule has 0 radical (unpaired) electrons. The van der Waals surface area contributed by atoms with Crippen molar-refractivity contribution in [2.45, 2.75) is 57.0 Å². The van der Waals surface area contributed by atoms with Crippen LogP contribution in [0, 0.1) is 0 Å². The van der Waals surface area contributed by atoms with E-state index in [9.17, 15) is 14.4 Å². The first-order valence-corrected chi connectivity index (χ1v) is 17.8. The van der Waals surface area contributed by atoms with Crippen LogP contribution in [-0.2, 0) is 27.5 Å². The smallest absolute Gasteiger partial charge is 0.223 e. The van der Waals surface area contributed by atoms with Crippen LogP contribution in [0.3, 0.4) is 0 Å². The van der Waals surface area contributed by atoms with Crippen molar-refractivity contribution in [2.24, 2.45) is 5.73 Å². The van der Waals surface area contributed by atoms with Crippen molar-refractivity contribution in [1.29, 1.82) is 0 Å². The summed E-state index contributed by atoms with van der Waals surface area (Å²) in [4.78, 5) is 50.2. The van der Waals surface area contributed by atoms with Crippen LogP contribution >= 0.6 is 11.8 Å². The number of hydrogen-bond acceptors (Lipinski definition) is 12. The predicted octanol–water partition coefficient (Wildman–Crippen LogP) is 2.47. The second-order valence-electron chi connectivity index (χ2n) is 12.3. The molecule has 262 valence electrons. The Morgan fingerprint density at radius 2 is 1.88 bits per heavy atom. The molecule has 4 rings (SSSR count). The third kappa shape index (κ3) is 10.6. The van der Waals surface area contributed by atoms with Crippen molar-refractivity contribution in [1.82, 2.24) is 29.2 Å². The molecule has 1 aromatic carbocycles. The molecular formula is C34H51N9O4S. The number of thioether (sulfide) groups is 1. The molecule has 14 heteroatoms. The van der Waals surface area contributed by atoms with Crippen LogP contribution in [-0.4, -0.2) is 125 Å². The van der Waals surface area contributed by atoms with E-state index >= 15 is 0 Å². The van der Waals surface area contributed by atoms with Crippen LogP contribution in [0.1, 0.15) is 43.7 Å². The van der Waals surface area contributed by atoms with Crippen LogP contribution < -0.4 is 21.5 Å². The Balaban J connectivity index is 1.27. The average molecular weight is 682 g/mol. The largest absolute Gasteiger partial charge is 0.496 e. The van der Waals surface area contributed by atoms with E-state index in [1.807, 2.05) is 12.3 Å². The summed E-state index contributed by atoms with van der Waals surface area (Å²) in [5.41, 5.74) is 15.6. The summed E-state index contributed by atoms with van der Waals surface area (Å²) in [6.45, 7) is 9.50. The van der Waals surface area contributed by atoms with Gasteiger partial charge in [-0.25, -0.2) is 4.98 Å². The molecule has 1 aliphatic rings. The molecular weight excluding hydrogens is 631 g/mol. The lowest BCUT2D eigenvalue weighted by molar-refractivity contribution is -0.130. The monoisotopic (exact) mass is 681 g/mol. The average Bonchev–Trinajstić information content (AvgIpc) is 3.50. The van der Waals surface area contributed by atoms with Gasteiger partial charge in [0.15, 0.2) is 5.82 Å². The minimum absolute atomic E-state index is 0.0854. The summed E-state index contributed by atoms with van der Waals surface area (Å²) in [5, 5.41) is 2.96. The SMILES string of the molecule is CCCCCNc1nc(N)nc2ccn(Cc3ccc(CN4CCN(CCN(C)C(=O)CC(C=O)SCC(N)C=O)CC4)cc3OC)c12.